The van der Waals surface area contributed by atoms with Crippen LogP contribution >= 0.6 is 0 Å². The van der Waals surface area contributed by atoms with Gasteiger partial charge in [0.15, 0.2) is 23.0 Å². The van der Waals surface area contributed by atoms with Crippen molar-refractivity contribution in [1.82, 2.24) is 5.32 Å². The zero-order valence-electron chi connectivity index (χ0n) is 21.5. The Bertz CT molecular complexity index is 1220. The number of rotatable bonds is 12. The summed E-state index contributed by atoms with van der Waals surface area (Å²) in [5, 5.41) is 13.8. The third-order valence-corrected chi connectivity index (χ3v) is 5.70. The zero-order chi connectivity index (χ0) is 26.9. The van der Waals surface area contributed by atoms with E-state index < -0.39 is 6.04 Å². The van der Waals surface area contributed by atoms with Crippen LogP contribution in [0.3, 0.4) is 0 Å². The fourth-order valence-corrected chi connectivity index (χ4v) is 3.76. The van der Waals surface area contributed by atoms with E-state index in [4.69, 9.17) is 34.8 Å². The van der Waals surface area contributed by atoms with E-state index >= 15 is 0 Å². The summed E-state index contributed by atoms with van der Waals surface area (Å²) in [6, 6.07) is 15.0. The van der Waals surface area contributed by atoms with Gasteiger partial charge >= 0.3 is 0 Å². The van der Waals surface area contributed by atoms with Gasteiger partial charge in [0.2, 0.25) is 11.7 Å². The number of nitrogens with one attached hydrogen (secondary N) is 3. The first kappa shape index (κ1) is 27.0. The van der Waals surface area contributed by atoms with Crippen LogP contribution in [0.15, 0.2) is 54.6 Å². The summed E-state index contributed by atoms with van der Waals surface area (Å²) >= 11 is 0. The van der Waals surface area contributed by atoms with Crippen molar-refractivity contribution in [3.05, 3.63) is 71.3 Å². The molecule has 196 valence electrons. The average molecular weight is 509 g/mol. The molecule has 3 aromatic carbocycles. The van der Waals surface area contributed by atoms with Gasteiger partial charge in [-0.05, 0) is 59.7 Å². The number of methoxy groups -OCH3 is 5. The zero-order valence-corrected chi connectivity index (χ0v) is 21.5. The Morgan fingerprint density at radius 3 is 1.92 bits per heavy atom. The minimum Gasteiger partial charge on any atom is -0.493 e. The molecule has 10 nitrogen and oxygen atoms in total. The molecule has 37 heavy (non-hydrogen) atoms. The van der Waals surface area contributed by atoms with Gasteiger partial charge in [0.25, 0.3) is 0 Å². The summed E-state index contributed by atoms with van der Waals surface area (Å²) in [5.41, 5.74) is 8.23. The lowest BCUT2D eigenvalue weighted by molar-refractivity contribution is -0.122. The first-order valence-corrected chi connectivity index (χ1v) is 11.3. The Hall–Kier alpha value is -4.60. The van der Waals surface area contributed by atoms with Crippen LogP contribution in [0, 0.1) is 5.41 Å². The van der Waals surface area contributed by atoms with E-state index in [1.807, 2.05) is 12.1 Å². The third-order valence-electron chi connectivity index (χ3n) is 5.70. The highest BCUT2D eigenvalue weighted by Gasteiger charge is 2.25. The number of carbonyl (C=O) groups excluding carboxylic acids is 1. The predicted octanol–water partition coefficient (Wildman–Crippen LogP) is 3.48. The van der Waals surface area contributed by atoms with Gasteiger partial charge in [0, 0.05) is 17.8 Å². The van der Waals surface area contributed by atoms with E-state index in [1.54, 1.807) is 56.7 Å². The summed E-state index contributed by atoms with van der Waals surface area (Å²) in [6.45, 7) is 0.255. The van der Waals surface area contributed by atoms with E-state index in [1.165, 1.54) is 21.3 Å². The van der Waals surface area contributed by atoms with Crippen molar-refractivity contribution in [3.63, 3.8) is 0 Å². The largest absolute Gasteiger partial charge is 0.493 e. The van der Waals surface area contributed by atoms with E-state index in [-0.39, 0.29) is 18.3 Å². The van der Waals surface area contributed by atoms with E-state index in [0.29, 0.717) is 45.6 Å². The molecular formula is C27H32N4O6. The maximum absolute atomic E-state index is 13.5. The molecule has 0 aliphatic heterocycles. The number of amides is 1. The van der Waals surface area contributed by atoms with Crippen LogP contribution in [0.2, 0.25) is 0 Å². The molecule has 1 atom stereocenters. The Morgan fingerprint density at radius 1 is 0.811 bits per heavy atom. The standard InChI is InChI=1S/C27H32N4O6/c1-33-20-11-6-16(12-21(20)34-2)15-30-27(32)24(31-19-9-7-17(8-10-19)26(28)29)18-13-22(35-3)25(37-5)23(14-18)36-4/h6-14,24,31H,15H2,1-5H3,(H3,28,29)(H,30,32). The van der Waals surface area contributed by atoms with Crippen LogP contribution in [0.25, 0.3) is 0 Å². The lowest BCUT2D eigenvalue weighted by Gasteiger charge is -2.22. The molecule has 0 aliphatic rings. The molecule has 0 fully saturated rings. The van der Waals surface area contributed by atoms with Gasteiger partial charge in [-0.25, -0.2) is 0 Å². The fourth-order valence-electron chi connectivity index (χ4n) is 3.76. The molecule has 0 bridgehead atoms. The van der Waals surface area contributed by atoms with Crippen LogP contribution in [0.1, 0.15) is 22.7 Å². The molecule has 0 saturated carbocycles. The predicted molar refractivity (Wildman–Crippen MR) is 141 cm³/mol. The molecule has 1 amide bonds. The topological polar surface area (TPSA) is 137 Å². The highest BCUT2D eigenvalue weighted by atomic mass is 16.5. The monoisotopic (exact) mass is 508 g/mol. The number of hydrogen-bond acceptors (Lipinski definition) is 8. The van der Waals surface area contributed by atoms with Gasteiger partial charge < -0.3 is 40.1 Å². The summed E-state index contributed by atoms with van der Waals surface area (Å²) in [5.74, 6) is 2.10. The second-order valence-corrected chi connectivity index (χ2v) is 7.93. The van der Waals surface area contributed by atoms with Crippen LogP contribution in [0.4, 0.5) is 5.69 Å². The molecule has 10 heteroatoms. The average Bonchev–Trinajstić information content (AvgIpc) is 2.93. The second-order valence-electron chi connectivity index (χ2n) is 7.93. The first-order chi connectivity index (χ1) is 17.8. The van der Waals surface area contributed by atoms with E-state index in [2.05, 4.69) is 10.6 Å². The number of carbonyl (C=O) groups is 1. The smallest absolute Gasteiger partial charge is 0.247 e. The Labute approximate surface area is 216 Å². The number of ether oxygens (including phenoxy) is 5. The van der Waals surface area contributed by atoms with Gasteiger partial charge in [-0.15, -0.1) is 0 Å². The fraction of sp³-hybridized carbons (Fsp3) is 0.259. The van der Waals surface area contributed by atoms with Crippen molar-refractivity contribution in [2.45, 2.75) is 12.6 Å². The van der Waals surface area contributed by atoms with Crippen molar-refractivity contribution in [2.75, 3.05) is 40.9 Å². The van der Waals surface area contributed by atoms with Crippen LogP contribution < -0.4 is 40.1 Å². The summed E-state index contributed by atoms with van der Waals surface area (Å²) in [6.07, 6.45) is 0. The Balaban J connectivity index is 1.94. The minimum atomic E-state index is -0.822. The minimum absolute atomic E-state index is 0.0413. The summed E-state index contributed by atoms with van der Waals surface area (Å²) in [4.78, 5) is 13.5. The molecule has 3 rings (SSSR count). The van der Waals surface area contributed by atoms with Crippen molar-refractivity contribution in [2.24, 2.45) is 5.73 Å². The van der Waals surface area contributed by atoms with Gasteiger partial charge in [0.05, 0.1) is 35.5 Å². The molecular weight excluding hydrogens is 476 g/mol. The van der Waals surface area contributed by atoms with Crippen LogP contribution in [0.5, 0.6) is 28.7 Å². The summed E-state index contributed by atoms with van der Waals surface area (Å²) < 4.78 is 27.1. The van der Waals surface area contributed by atoms with Crippen LogP contribution in [-0.4, -0.2) is 47.3 Å². The first-order valence-electron chi connectivity index (χ1n) is 11.3. The SMILES string of the molecule is COc1ccc(CNC(=O)C(Nc2ccc(C(=N)N)cc2)c2cc(OC)c(OC)c(OC)c2)cc1OC. The molecule has 0 heterocycles. The number of benzene rings is 3. The Kier molecular flexibility index (Phi) is 9.04. The lowest BCUT2D eigenvalue weighted by atomic mass is 10.0. The van der Waals surface area contributed by atoms with Gasteiger partial charge in [-0.1, -0.05) is 6.07 Å². The van der Waals surface area contributed by atoms with Gasteiger partial charge in [-0.2, -0.15) is 0 Å². The third kappa shape index (κ3) is 6.35. The molecule has 0 aromatic heterocycles. The highest BCUT2D eigenvalue weighted by molar-refractivity contribution is 5.95. The molecule has 0 radical (unpaired) electrons. The lowest BCUT2D eigenvalue weighted by Crippen LogP contribution is -2.33. The Morgan fingerprint density at radius 2 is 1.41 bits per heavy atom. The van der Waals surface area contributed by atoms with E-state index in [0.717, 1.165) is 5.56 Å². The normalized spacial score (nSPS) is 11.2. The van der Waals surface area contributed by atoms with Crippen molar-refractivity contribution in [1.29, 1.82) is 5.41 Å². The maximum Gasteiger partial charge on any atom is 0.247 e. The number of anilines is 1. The number of hydrogen-bond donors (Lipinski definition) is 4. The molecule has 0 saturated heterocycles. The quantitative estimate of drug-likeness (QED) is 0.216. The van der Waals surface area contributed by atoms with Gasteiger partial charge in [0.1, 0.15) is 11.9 Å². The van der Waals surface area contributed by atoms with Crippen molar-refractivity contribution in [3.8, 4) is 28.7 Å². The van der Waals surface area contributed by atoms with Gasteiger partial charge in [-0.3, -0.25) is 10.2 Å². The number of nitrogens with two attached hydrogens (primary N) is 1. The number of nitrogen functional groups attached to an aromatic ring is 1. The van der Waals surface area contributed by atoms with Crippen molar-refractivity contribution < 1.29 is 28.5 Å². The van der Waals surface area contributed by atoms with E-state index in [9.17, 15) is 4.79 Å². The molecule has 5 N–H and O–H groups in total. The van der Waals surface area contributed by atoms with Crippen LogP contribution in [-0.2, 0) is 11.3 Å². The number of amidine groups is 1. The molecule has 1 unspecified atom stereocenters. The summed E-state index contributed by atoms with van der Waals surface area (Å²) in [7, 11) is 7.67. The molecule has 3 aromatic rings. The highest BCUT2D eigenvalue weighted by Crippen LogP contribution is 2.40. The molecule has 0 spiro atoms. The molecule has 0 aliphatic carbocycles. The maximum atomic E-state index is 13.5. The van der Waals surface area contributed by atoms with Crippen molar-refractivity contribution >= 4 is 17.4 Å². The second kappa shape index (κ2) is 12.4.